The van der Waals surface area contributed by atoms with Gasteiger partial charge in [0.1, 0.15) is 0 Å². The third kappa shape index (κ3) is 3.10. The van der Waals surface area contributed by atoms with E-state index >= 15 is 0 Å². The summed E-state index contributed by atoms with van der Waals surface area (Å²) in [6, 6.07) is 3.03. The lowest BCUT2D eigenvalue weighted by molar-refractivity contribution is 0.726. The van der Waals surface area contributed by atoms with Crippen molar-refractivity contribution in [3.8, 4) is 6.07 Å². The molecule has 0 N–H and O–H groups in total. The average molecular weight is 182 g/mol. The molecule has 0 radical (unpaired) electrons. The Balaban J connectivity index is 3.68. The van der Waals surface area contributed by atoms with Crippen LogP contribution in [0.2, 0.25) is 6.04 Å². The zero-order valence-corrected chi connectivity index (χ0v) is 8.78. The van der Waals surface area contributed by atoms with E-state index in [1.54, 1.807) is 0 Å². The van der Waals surface area contributed by atoms with Crippen LogP contribution in [0, 0.1) is 17.2 Å². The molecule has 0 amide bonds. The van der Waals surface area contributed by atoms with Gasteiger partial charge in [0.05, 0.1) is 17.4 Å². The van der Waals surface area contributed by atoms with Crippen LogP contribution < -0.4 is 0 Å². The molecule has 0 rings (SSSR count). The minimum Gasteiger partial charge on any atom is -0.198 e. The van der Waals surface area contributed by atoms with Crippen molar-refractivity contribution < 1.29 is 0 Å². The Bertz CT molecular complexity index is 112. The van der Waals surface area contributed by atoms with Gasteiger partial charge in [0.2, 0.25) is 0 Å². The third-order valence-corrected chi connectivity index (χ3v) is 3.02. The van der Waals surface area contributed by atoms with Crippen molar-refractivity contribution in [1.29, 1.82) is 5.26 Å². The summed E-state index contributed by atoms with van der Waals surface area (Å²) in [5.74, 6) is 0.345. The predicted octanol–water partition coefficient (Wildman–Crippen LogP) is 0.756. The van der Waals surface area contributed by atoms with Gasteiger partial charge in [-0.3, -0.25) is 0 Å². The smallest absolute Gasteiger partial charge is 0.0668 e. The second kappa shape index (κ2) is 5.10. The monoisotopic (exact) mass is 181 g/mol. The van der Waals surface area contributed by atoms with Crippen LogP contribution in [0.4, 0.5) is 0 Å². The molecule has 4 heteroatoms. The summed E-state index contributed by atoms with van der Waals surface area (Å²) in [5.41, 5.74) is 0. The summed E-state index contributed by atoms with van der Waals surface area (Å²) in [6.45, 7) is 0. The minimum absolute atomic E-state index is 0.0316. The maximum atomic E-state index is 8.46. The molecule has 0 aliphatic heterocycles. The number of nitriles is 1. The molecule has 0 aromatic heterocycles. The normalized spacial score (nSPS) is 16.6. The molecule has 0 spiro atoms. The van der Waals surface area contributed by atoms with E-state index in [0.29, 0.717) is 5.88 Å². The largest absolute Gasteiger partial charge is 0.198 e. The fraction of sp³-hybridized carbons (Fsp3) is 0.800. The number of alkyl halides is 2. The first-order valence-electron chi connectivity index (χ1n) is 2.85. The molecule has 0 heterocycles. The van der Waals surface area contributed by atoms with Gasteiger partial charge in [-0.15, -0.1) is 23.2 Å². The molecule has 0 saturated carbocycles. The topological polar surface area (TPSA) is 23.8 Å². The summed E-state index contributed by atoms with van der Waals surface area (Å²) >= 11 is 11.1. The minimum atomic E-state index is -0.158. The van der Waals surface area contributed by atoms with E-state index in [4.69, 9.17) is 28.5 Å². The van der Waals surface area contributed by atoms with E-state index in [-0.39, 0.29) is 11.3 Å². The van der Waals surface area contributed by atoms with Gasteiger partial charge in [0, 0.05) is 16.1 Å². The summed E-state index contributed by atoms with van der Waals surface area (Å²) in [5, 5.41) is 8.30. The number of halogens is 2. The van der Waals surface area contributed by atoms with Crippen molar-refractivity contribution in [2.24, 2.45) is 5.92 Å². The molecule has 0 bridgehead atoms. The average Bonchev–Trinajstić information content (AvgIpc) is 1.90. The standard InChI is InChI=1S/C5H9Cl2NSi/c6-1-5(7)4(2-8)3-9/h4-5H,1,3H2,9H3. The van der Waals surface area contributed by atoms with E-state index in [9.17, 15) is 0 Å². The predicted molar refractivity (Wildman–Crippen MR) is 44.2 cm³/mol. The maximum absolute atomic E-state index is 8.46. The Morgan fingerprint density at radius 2 is 2.22 bits per heavy atom. The van der Waals surface area contributed by atoms with E-state index < -0.39 is 0 Å². The number of nitrogens with zero attached hydrogens (tertiary/aromatic N) is 1. The summed E-state index contributed by atoms with van der Waals surface area (Å²) in [4.78, 5) is 0. The third-order valence-electron chi connectivity index (χ3n) is 1.19. The van der Waals surface area contributed by atoms with Gasteiger partial charge in [-0.05, 0) is 6.04 Å². The fourth-order valence-electron chi connectivity index (χ4n) is 0.535. The zero-order valence-electron chi connectivity index (χ0n) is 5.27. The van der Waals surface area contributed by atoms with Crippen molar-refractivity contribution >= 4 is 33.4 Å². The van der Waals surface area contributed by atoms with Crippen LogP contribution in [0.5, 0.6) is 0 Å². The van der Waals surface area contributed by atoms with E-state index in [1.165, 1.54) is 0 Å². The Morgan fingerprint density at radius 1 is 1.67 bits per heavy atom. The van der Waals surface area contributed by atoms with E-state index in [1.807, 2.05) is 0 Å². The van der Waals surface area contributed by atoms with Crippen molar-refractivity contribution in [3.05, 3.63) is 0 Å². The van der Waals surface area contributed by atoms with Gasteiger partial charge >= 0.3 is 0 Å². The molecule has 0 aliphatic rings. The van der Waals surface area contributed by atoms with Gasteiger partial charge in [0.25, 0.3) is 0 Å². The molecule has 0 saturated heterocycles. The Hall–Kier alpha value is 0.287. The second-order valence-corrected chi connectivity index (χ2v) is 3.50. The Kier molecular flexibility index (Phi) is 5.26. The van der Waals surface area contributed by atoms with Crippen molar-refractivity contribution in [1.82, 2.24) is 0 Å². The quantitative estimate of drug-likeness (QED) is 0.467. The first-order chi connectivity index (χ1) is 4.26. The van der Waals surface area contributed by atoms with Crippen LogP contribution in [0.3, 0.4) is 0 Å². The van der Waals surface area contributed by atoms with Crippen LogP contribution in [0.25, 0.3) is 0 Å². The lowest BCUT2D eigenvalue weighted by Crippen LogP contribution is -2.13. The van der Waals surface area contributed by atoms with Gasteiger partial charge in [0.15, 0.2) is 0 Å². The molecule has 2 atom stereocenters. The summed E-state index contributed by atoms with van der Waals surface area (Å²) in [6.07, 6.45) is 0. The molecule has 52 valence electrons. The van der Waals surface area contributed by atoms with Crippen LogP contribution in [-0.4, -0.2) is 21.5 Å². The summed E-state index contributed by atoms with van der Waals surface area (Å²) < 4.78 is 0. The second-order valence-electron chi connectivity index (χ2n) is 1.81. The van der Waals surface area contributed by atoms with Gasteiger partial charge in [-0.1, -0.05) is 0 Å². The van der Waals surface area contributed by atoms with Crippen LogP contribution in [-0.2, 0) is 0 Å². The number of hydrogen-bond acceptors (Lipinski definition) is 1. The highest BCUT2D eigenvalue weighted by molar-refractivity contribution is 6.28. The SMILES string of the molecule is N#CC(C[SiH3])C(Cl)CCl. The maximum Gasteiger partial charge on any atom is 0.0668 e. The van der Waals surface area contributed by atoms with Crippen molar-refractivity contribution in [2.45, 2.75) is 11.4 Å². The molecule has 9 heavy (non-hydrogen) atoms. The molecule has 0 aromatic rings. The Labute approximate surface area is 68.4 Å². The van der Waals surface area contributed by atoms with E-state index in [0.717, 1.165) is 16.3 Å². The molecule has 1 nitrogen and oxygen atoms in total. The lowest BCUT2D eigenvalue weighted by atomic mass is 10.1. The van der Waals surface area contributed by atoms with Gasteiger partial charge in [-0.2, -0.15) is 5.26 Å². The molecule has 0 aliphatic carbocycles. The van der Waals surface area contributed by atoms with Gasteiger partial charge < -0.3 is 0 Å². The zero-order chi connectivity index (χ0) is 7.28. The summed E-state index contributed by atoms with van der Waals surface area (Å²) in [7, 11) is 1.02. The number of hydrogen-bond donors (Lipinski definition) is 0. The first kappa shape index (κ1) is 9.29. The number of rotatable bonds is 3. The molecular formula is C5H9Cl2NSi. The van der Waals surface area contributed by atoms with Crippen LogP contribution in [0.1, 0.15) is 0 Å². The lowest BCUT2D eigenvalue weighted by Gasteiger charge is -2.08. The van der Waals surface area contributed by atoms with Gasteiger partial charge in [-0.25, -0.2) is 0 Å². The molecule has 2 unspecified atom stereocenters. The first-order valence-corrected chi connectivity index (χ1v) is 5.24. The van der Waals surface area contributed by atoms with Crippen LogP contribution >= 0.6 is 23.2 Å². The van der Waals surface area contributed by atoms with Crippen molar-refractivity contribution in [3.63, 3.8) is 0 Å². The molecule has 0 fully saturated rings. The fourth-order valence-corrected chi connectivity index (χ4v) is 2.04. The highest BCUT2D eigenvalue weighted by Gasteiger charge is 2.14. The molecular weight excluding hydrogens is 173 g/mol. The van der Waals surface area contributed by atoms with Crippen molar-refractivity contribution in [2.75, 3.05) is 5.88 Å². The highest BCUT2D eigenvalue weighted by atomic mass is 35.5. The highest BCUT2D eigenvalue weighted by Crippen LogP contribution is 2.14. The Morgan fingerprint density at radius 3 is 2.33 bits per heavy atom. The van der Waals surface area contributed by atoms with E-state index in [2.05, 4.69) is 6.07 Å². The molecule has 0 aromatic carbocycles. The van der Waals surface area contributed by atoms with Crippen LogP contribution in [0.15, 0.2) is 0 Å².